The number of carbonyl (C=O) groups is 2. The van der Waals surface area contributed by atoms with Crippen LogP contribution in [0.4, 0.5) is 0 Å². The van der Waals surface area contributed by atoms with Crippen molar-refractivity contribution in [1.82, 2.24) is 9.80 Å². The van der Waals surface area contributed by atoms with Crippen LogP contribution in [0.5, 0.6) is 0 Å². The van der Waals surface area contributed by atoms with Crippen molar-refractivity contribution < 1.29 is 9.59 Å². The lowest BCUT2D eigenvalue weighted by atomic mass is 9.87. The van der Waals surface area contributed by atoms with Crippen molar-refractivity contribution in [2.75, 3.05) is 32.7 Å². The molecule has 1 aliphatic heterocycles. The van der Waals surface area contributed by atoms with Gasteiger partial charge in [-0.05, 0) is 31.7 Å². The molecule has 5 nitrogen and oxygen atoms in total. The van der Waals surface area contributed by atoms with Crippen molar-refractivity contribution in [1.29, 1.82) is 0 Å². The predicted molar refractivity (Wildman–Crippen MR) is 75.5 cm³/mol. The second kappa shape index (κ2) is 6.89. The second-order valence-electron chi connectivity index (χ2n) is 6.05. The zero-order valence-corrected chi connectivity index (χ0v) is 12.4. The molecular formula is C14H27N3O2. The van der Waals surface area contributed by atoms with Gasteiger partial charge in [0.2, 0.25) is 11.8 Å². The van der Waals surface area contributed by atoms with Crippen molar-refractivity contribution in [2.45, 2.75) is 40.0 Å². The van der Waals surface area contributed by atoms with Gasteiger partial charge < -0.3 is 15.5 Å². The molecule has 1 heterocycles. The summed E-state index contributed by atoms with van der Waals surface area (Å²) in [5, 5.41) is 0. The first-order chi connectivity index (χ1) is 8.89. The molecule has 1 aliphatic rings. The number of amides is 2. The largest absolute Gasteiger partial charge is 0.332 e. The molecule has 0 aromatic rings. The van der Waals surface area contributed by atoms with Gasteiger partial charge in [-0.3, -0.25) is 9.59 Å². The molecule has 0 saturated carbocycles. The minimum absolute atomic E-state index is 0.0596. The Bertz CT molecular complexity index is 329. The molecule has 2 N–H and O–H groups in total. The van der Waals surface area contributed by atoms with Crippen LogP contribution in [0.3, 0.4) is 0 Å². The van der Waals surface area contributed by atoms with E-state index < -0.39 is 0 Å². The molecule has 110 valence electrons. The monoisotopic (exact) mass is 269 g/mol. The van der Waals surface area contributed by atoms with E-state index in [2.05, 4.69) is 13.8 Å². The number of piperazine rings is 1. The maximum absolute atomic E-state index is 11.9. The highest BCUT2D eigenvalue weighted by Gasteiger charge is 2.28. The second-order valence-corrected chi connectivity index (χ2v) is 6.05. The van der Waals surface area contributed by atoms with Crippen LogP contribution < -0.4 is 5.73 Å². The first-order valence-electron chi connectivity index (χ1n) is 7.15. The third-order valence-electron chi connectivity index (χ3n) is 3.82. The summed E-state index contributed by atoms with van der Waals surface area (Å²) in [5.74, 6) is 0.129. The SMILES string of the molecule is CCN1CC(=O)N(CCCCC(C)(C)CN)CC1=O. The fourth-order valence-corrected chi connectivity index (χ4v) is 2.20. The minimum atomic E-state index is 0.0596. The lowest BCUT2D eigenvalue weighted by Crippen LogP contribution is -2.53. The number of rotatable bonds is 7. The highest BCUT2D eigenvalue weighted by molar-refractivity contribution is 5.92. The summed E-state index contributed by atoms with van der Waals surface area (Å²) in [5.41, 5.74) is 5.85. The molecule has 0 radical (unpaired) electrons. The molecule has 0 atom stereocenters. The topological polar surface area (TPSA) is 66.6 Å². The van der Waals surface area contributed by atoms with Crippen molar-refractivity contribution in [2.24, 2.45) is 11.1 Å². The van der Waals surface area contributed by atoms with Crippen LogP contribution in [-0.4, -0.2) is 54.3 Å². The van der Waals surface area contributed by atoms with E-state index in [-0.39, 0.29) is 30.3 Å². The average molecular weight is 269 g/mol. The number of unbranched alkanes of at least 4 members (excludes halogenated alkanes) is 1. The third-order valence-corrected chi connectivity index (χ3v) is 3.82. The zero-order chi connectivity index (χ0) is 14.5. The van der Waals surface area contributed by atoms with Crippen molar-refractivity contribution >= 4 is 11.8 Å². The minimum Gasteiger partial charge on any atom is -0.332 e. The highest BCUT2D eigenvalue weighted by Crippen LogP contribution is 2.21. The summed E-state index contributed by atoms with van der Waals surface area (Å²) in [6.07, 6.45) is 3.04. The normalized spacial score (nSPS) is 17.3. The van der Waals surface area contributed by atoms with Gasteiger partial charge in [-0.1, -0.05) is 20.3 Å². The zero-order valence-electron chi connectivity index (χ0n) is 12.4. The molecule has 2 amide bonds. The quantitative estimate of drug-likeness (QED) is 0.696. The highest BCUT2D eigenvalue weighted by atomic mass is 16.2. The van der Waals surface area contributed by atoms with Gasteiger partial charge in [0, 0.05) is 13.1 Å². The van der Waals surface area contributed by atoms with E-state index >= 15 is 0 Å². The molecule has 19 heavy (non-hydrogen) atoms. The first-order valence-corrected chi connectivity index (χ1v) is 7.15. The number of hydrogen-bond acceptors (Lipinski definition) is 3. The Kier molecular flexibility index (Phi) is 5.79. The van der Waals surface area contributed by atoms with E-state index in [9.17, 15) is 9.59 Å². The molecule has 0 aliphatic carbocycles. The van der Waals surface area contributed by atoms with Crippen LogP contribution >= 0.6 is 0 Å². The summed E-state index contributed by atoms with van der Waals surface area (Å²) in [6, 6.07) is 0. The van der Waals surface area contributed by atoms with Gasteiger partial charge in [-0.25, -0.2) is 0 Å². The number of nitrogens with zero attached hydrogens (tertiary/aromatic N) is 2. The van der Waals surface area contributed by atoms with Crippen molar-refractivity contribution in [3.05, 3.63) is 0 Å². The Balaban J connectivity index is 2.30. The number of nitrogens with two attached hydrogens (primary N) is 1. The maximum Gasteiger partial charge on any atom is 0.242 e. The average Bonchev–Trinajstić information content (AvgIpc) is 2.38. The summed E-state index contributed by atoms with van der Waals surface area (Å²) < 4.78 is 0. The van der Waals surface area contributed by atoms with Gasteiger partial charge in [-0.15, -0.1) is 0 Å². The lowest BCUT2D eigenvalue weighted by molar-refractivity contribution is -0.149. The van der Waals surface area contributed by atoms with Gasteiger partial charge in [0.25, 0.3) is 0 Å². The van der Waals surface area contributed by atoms with Crippen LogP contribution in [0.2, 0.25) is 0 Å². The Morgan fingerprint density at radius 1 is 1.11 bits per heavy atom. The number of carbonyl (C=O) groups excluding carboxylic acids is 2. The Morgan fingerprint density at radius 3 is 2.26 bits per heavy atom. The molecule has 0 aromatic carbocycles. The van der Waals surface area contributed by atoms with Gasteiger partial charge in [-0.2, -0.15) is 0 Å². The Labute approximate surface area is 116 Å². The van der Waals surface area contributed by atoms with Crippen LogP contribution in [0.25, 0.3) is 0 Å². The smallest absolute Gasteiger partial charge is 0.242 e. The molecule has 1 rings (SSSR count). The molecule has 0 spiro atoms. The summed E-state index contributed by atoms with van der Waals surface area (Å²) in [7, 11) is 0. The molecule has 0 unspecified atom stereocenters. The summed E-state index contributed by atoms with van der Waals surface area (Å²) in [6.45, 7) is 8.67. The summed E-state index contributed by atoms with van der Waals surface area (Å²) in [4.78, 5) is 26.9. The van der Waals surface area contributed by atoms with E-state index in [0.717, 1.165) is 19.3 Å². The Morgan fingerprint density at radius 2 is 1.68 bits per heavy atom. The van der Waals surface area contributed by atoms with Crippen LogP contribution in [0.1, 0.15) is 40.0 Å². The fraction of sp³-hybridized carbons (Fsp3) is 0.857. The molecular weight excluding hydrogens is 242 g/mol. The standard InChI is InChI=1S/C14H27N3O2/c1-4-16-9-13(19)17(10-12(16)18)8-6-5-7-14(2,3)11-15/h4-11,15H2,1-3H3. The number of hydrogen-bond donors (Lipinski definition) is 1. The van der Waals surface area contributed by atoms with E-state index in [4.69, 9.17) is 5.73 Å². The van der Waals surface area contributed by atoms with Crippen LogP contribution in [-0.2, 0) is 9.59 Å². The van der Waals surface area contributed by atoms with Gasteiger partial charge in [0.1, 0.15) is 0 Å². The van der Waals surface area contributed by atoms with Gasteiger partial charge in [0.15, 0.2) is 0 Å². The first kappa shape index (κ1) is 16.0. The van der Waals surface area contributed by atoms with Crippen LogP contribution in [0.15, 0.2) is 0 Å². The summed E-state index contributed by atoms with van der Waals surface area (Å²) >= 11 is 0. The van der Waals surface area contributed by atoms with E-state index in [1.54, 1.807) is 9.80 Å². The van der Waals surface area contributed by atoms with E-state index in [1.165, 1.54) is 0 Å². The molecule has 5 heteroatoms. The molecule has 0 bridgehead atoms. The molecule has 1 saturated heterocycles. The van der Waals surface area contributed by atoms with Crippen molar-refractivity contribution in [3.63, 3.8) is 0 Å². The predicted octanol–water partition coefficient (Wildman–Crippen LogP) is 0.832. The van der Waals surface area contributed by atoms with Crippen molar-refractivity contribution in [3.8, 4) is 0 Å². The van der Waals surface area contributed by atoms with E-state index in [0.29, 0.717) is 19.6 Å². The van der Waals surface area contributed by atoms with Gasteiger partial charge in [0.05, 0.1) is 13.1 Å². The van der Waals surface area contributed by atoms with Crippen LogP contribution in [0, 0.1) is 5.41 Å². The fourth-order valence-electron chi connectivity index (χ4n) is 2.20. The maximum atomic E-state index is 11.9. The molecule has 0 aromatic heterocycles. The Hall–Kier alpha value is -1.10. The lowest BCUT2D eigenvalue weighted by Gasteiger charge is -2.33. The van der Waals surface area contributed by atoms with E-state index in [1.807, 2.05) is 6.92 Å². The third kappa shape index (κ3) is 4.82. The number of likely N-dealkylation sites (N-methyl/N-ethyl adjacent to an activating group) is 1. The van der Waals surface area contributed by atoms with Gasteiger partial charge >= 0.3 is 0 Å². The molecule has 1 fully saturated rings.